The van der Waals surface area contributed by atoms with Gasteiger partial charge in [-0.3, -0.25) is 9.59 Å². The molecule has 2 aromatic heterocycles. The summed E-state index contributed by atoms with van der Waals surface area (Å²) >= 11 is 2.93. The smallest absolute Gasteiger partial charge is 0.341 e. The molecule has 0 spiro atoms. The zero-order valence-electron chi connectivity index (χ0n) is 22.5. The van der Waals surface area contributed by atoms with E-state index in [1.54, 1.807) is 32.2 Å². The molecule has 0 saturated carbocycles. The molecular weight excluding hydrogens is 546 g/mol. The fraction of sp³-hybridized carbons (Fsp3) is 0.300. The molecule has 208 valence electrons. The van der Waals surface area contributed by atoms with Gasteiger partial charge in [0.15, 0.2) is 0 Å². The average Bonchev–Trinajstić information content (AvgIpc) is 3.65. The molecule has 0 saturated heterocycles. The Bertz CT molecular complexity index is 1560. The number of carbonyl (C=O) groups is 3. The molecule has 0 radical (unpaired) electrons. The molecule has 2 aromatic carbocycles. The molecule has 0 atom stereocenters. The van der Waals surface area contributed by atoms with Crippen molar-refractivity contribution in [1.29, 1.82) is 0 Å². The summed E-state index contributed by atoms with van der Waals surface area (Å²) in [6, 6.07) is 15.1. The van der Waals surface area contributed by atoms with Crippen LogP contribution in [0.25, 0.3) is 10.9 Å². The van der Waals surface area contributed by atoms with Gasteiger partial charge in [0, 0.05) is 40.0 Å². The number of fused-ring (bicyclic) bond motifs is 2. The van der Waals surface area contributed by atoms with E-state index in [4.69, 9.17) is 9.47 Å². The second kappa shape index (κ2) is 12.6. The van der Waals surface area contributed by atoms with Crippen LogP contribution in [0.2, 0.25) is 0 Å². The number of carbonyl (C=O) groups excluding carboxylic acids is 3. The molecule has 0 unspecified atom stereocenters. The Morgan fingerprint density at radius 1 is 1.07 bits per heavy atom. The van der Waals surface area contributed by atoms with Gasteiger partial charge in [-0.25, -0.2) is 4.79 Å². The van der Waals surface area contributed by atoms with Crippen LogP contribution in [-0.2, 0) is 28.9 Å². The third kappa shape index (κ3) is 5.88. The zero-order chi connectivity index (χ0) is 28.1. The minimum Gasteiger partial charge on any atom is -0.496 e. The van der Waals surface area contributed by atoms with E-state index in [0.29, 0.717) is 41.6 Å². The van der Waals surface area contributed by atoms with Crippen molar-refractivity contribution in [3.05, 3.63) is 76.3 Å². The van der Waals surface area contributed by atoms with Gasteiger partial charge in [0.05, 0.1) is 30.6 Å². The Labute approximate surface area is 241 Å². The topological polar surface area (TPSA) is 98.7 Å². The molecule has 10 heteroatoms. The number of ether oxygens (including phenoxy) is 2. The van der Waals surface area contributed by atoms with E-state index in [-0.39, 0.29) is 23.5 Å². The van der Waals surface area contributed by atoms with E-state index in [0.717, 1.165) is 45.5 Å². The molecule has 40 heavy (non-hydrogen) atoms. The van der Waals surface area contributed by atoms with E-state index >= 15 is 0 Å². The SMILES string of the molecule is CCOC(=O)c1c(NC(=O)CSc2cn(CCNC(=O)c3ccccc3OC)c3ccccc23)sc2c1CCC2. The summed E-state index contributed by atoms with van der Waals surface area (Å²) in [6.45, 7) is 3.07. The summed E-state index contributed by atoms with van der Waals surface area (Å²) in [4.78, 5) is 40.4. The first-order valence-electron chi connectivity index (χ1n) is 13.2. The number of amides is 2. The number of esters is 1. The second-order valence-corrected chi connectivity index (χ2v) is 11.4. The van der Waals surface area contributed by atoms with Crippen molar-refractivity contribution in [3.63, 3.8) is 0 Å². The number of hydrogen-bond donors (Lipinski definition) is 2. The van der Waals surface area contributed by atoms with Crippen LogP contribution in [-0.4, -0.2) is 48.4 Å². The molecule has 2 N–H and O–H groups in total. The number of aryl methyl sites for hydroxylation is 1. The second-order valence-electron chi connectivity index (χ2n) is 9.28. The van der Waals surface area contributed by atoms with E-state index in [9.17, 15) is 14.4 Å². The number of thiophene rings is 1. The van der Waals surface area contributed by atoms with Crippen molar-refractivity contribution in [3.8, 4) is 5.75 Å². The van der Waals surface area contributed by atoms with Gasteiger partial charge in [-0.05, 0) is 49.9 Å². The van der Waals surface area contributed by atoms with Crippen LogP contribution in [0.15, 0.2) is 59.6 Å². The van der Waals surface area contributed by atoms with E-state index in [1.807, 2.05) is 36.5 Å². The number of rotatable bonds is 11. The summed E-state index contributed by atoms with van der Waals surface area (Å²) in [5.41, 5.74) is 3.06. The fourth-order valence-electron chi connectivity index (χ4n) is 4.95. The van der Waals surface area contributed by atoms with Crippen molar-refractivity contribution in [1.82, 2.24) is 9.88 Å². The Morgan fingerprint density at radius 2 is 1.88 bits per heavy atom. The van der Waals surface area contributed by atoms with Crippen molar-refractivity contribution in [2.45, 2.75) is 37.6 Å². The highest BCUT2D eigenvalue weighted by Crippen LogP contribution is 2.40. The quantitative estimate of drug-likeness (QED) is 0.180. The number of anilines is 1. The maximum absolute atomic E-state index is 13.0. The van der Waals surface area contributed by atoms with Crippen LogP contribution in [0, 0.1) is 0 Å². The molecular formula is C30H31N3O5S2. The van der Waals surface area contributed by atoms with Crippen LogP contribution in [0.3, 0.4) is 0 Å². The summed E-state index contributed by atoms with van der Waals surface area (Å²) < 4.78 is 12.7. The number of thioether (sulfide) groups is 1. The minimum atomic E-state index is -0.370. The lowest BCUT2D eigenvalue weighted by Gasteiger charge is -2.10. The number of benzene rings is 2. The predicted octanol–water partition coefficient (Wildman–Crippen LogP) is 5.54. The fourth-order valence-corrected chi connectivity index (χ4v) is 7.13. The van der Waals surface area contributed by atoms with Gasteiger partial charge in [0.1, 0.15) is 10.8 Å². The van der Waals surface area contributed by atoms with Crippen molar-refractivity contribution in [2.75, 3.05) is 31.3 Å². The number of methoxy groups -OCH3 is 1. The molecule has 8 nitrogen and oxygen atoms in total. The normalized spacial score (nSPS) is 12.2. The van der Waals surface area contributed by atoms with Gasteiger partial charge in [-0.2, -0.15) is 0 Å². The van der Waals surface area contributed by atoms with Gasteiger partial charge >= 0.3 is 5.97 Å². The van der Waals surface area contributed by atoms with Gasteiger partial charge in [0.25, 0.3) is 5.91 Å². The van der Waals surface area contributed by atoms with Crippen molar-refractivity contribution in [2.24, 2.45) is 0 Å². The first-order valence-corrected chi connectivity index (χ1v) is 15.0. The average molecular weight is 578 g/mol. The standard InChI is InChI=1S/C30H31N3O5S2/c1-3-38-30(36)27-21-11-8-14-24(21)40-29(27)32-26(34)18-39-25-17-33(22-12-6-4-9-19(22)25)16-15-31-28(35)20-10-5-7-13-23(20)37-2/h4-7,9-10,12-13,17H,3,8,11,14-16,18H2,1-2H3,(H,31,35)(H,32,34). The molecule has 0 aliphatic heterocycles. The molecule has 2 heterocycles. The molecule has 5 rings (SSSR count). The number of nitrogens with one attached hydrogen (secondary N) is 2. The summed E-state index contributed by atoms with van der Waals surface area (Å²) in [6.07, 6.45) is 4.80. The Hall–Kier alpha value is -3.76. The first-order chi connectivity index (χ1) is 19.5. The molecule has 0 fully saturated rings. The van der Waals surface area contributed by atoms with Crippen LogP contribution in [0.5, 0.6) is 5.75 Å². The summed E-state index contributed by atoms with van der Waals surface area (Å²) in [5.74, 6) is -0.00226. The highest BCUT2D eigenvalue weighted by Gasteiger charge is 2.28. The van der Waals surface area contributed by atoms with Gasteiger partial charge in [-0.1, -0.05) is 30.3 Å². The summed E-state index contributed by atoms with van der Waals surface area (Å²) in [7, 11) is 1.55. The van der Waals surface area contributed by atoms with Crippen molar-refractivity contribution < 1.29 is 23.9 Å². The van der Waals surface area contributed by atoms with E-state index in [1.165, 1.54) is 23.1 Å². The van der Waals surface area contributed by atoms with Crippen LogP contribution in [0.4, 0.5) is 5.00 Å². The van der Waals surface area contributed by atoms with E-state index < -0.39 is 0 Å². The lowest BCUT2D eigenvalue weighted by Crippen LogP contribution is -2.27. The lowest BCUT2D eigenvalue weighted by molar-refractivity contribution is -0.113. The third-order valence-corrected chi connectivity index (χ3v) is 9.00. The van der Waals surface area contributed by atoms with E-state index in [2.05, 4.69) is 15.2 Å². The number of nitrogens with zero attached hydrogens (tertiary/aromatic N) is 1. The van der Waals surface area contributed by atoms with Gasteiger partial charge in [-0.15, -0.1) is 23.1 Å². The minimum absolute atomic E-state index is 0.170. The highest BCUT2D eigenvalue weighted by molar-refractivity contribution is 8.00. The van der Waals surface area contributed by atoms with Crippen LogP contribution < -0.4 is 15.4 Å². The number of para-hydroxylation sites is 2. The van der Waals surface area contributed by atoms with Crippen LogP contribution in [0.1, 0.15) is 44.5 Å². The first kappa shape index (κ1) is 27.8. The predicted molar refractivity (Wildman–Crippen MR) is 159 cm³/mol. The molecule has 4 aromatic rings. The zero-order valence-corrected chi connectivity index (χ0v) is 24.1. The Kier molecular flexibility index (Phi) is 8.76. The van der Waals surface area contributed by atoms with Crippen LogP contribution >= 0.6 is 23.1 Å². The lowest BCUT2D eigenvalue weighted by atomic mass is 10.1. The maximum Gasteiger partial charge on any atom is 0.341 e. The molecule has 2 amide bonds. The summed E-state index contributed by atoms with van der Waals surface area (Å²) in [5, 5.41) is 7.56. The van der Waals surface area contributed by atoms with Gasteiger partial charge < -0.3 is 24.7 Å². The number of hydrogen-bond acceptors (Lipinski definition) is 7. The largest absolute Gasteiger partial charge is 0.496 e. The molecule has 1 aliphatic rings. The highest BCUT2D eigenvalue weighted by atomic mass is 32.2. The maximum atomic E-state index is 13.0. The number of aromatic nitrogens is 1. The Balaban J connectivity index is 1.24. The molecule has 0 bridgehead atoms. The van der Waals surface area contributed by atoms with Crippen molar-refractivity contribution >= 4 is 56.8 Å². The molecule has 1 aliphatic carbocycles. The monoisotopic (exact) mass is 577 g/mol. The Morgan fingerprint density at radius 3 is 2.70 bits per heavy atom. The van der Waals surface area contributed by atoms with Gasteiger partial charge in [0.2, 0.25) is 5.91 Å². The third-order valence-electron chi connectivity index (χ3n) is 6.75.